The zero-order valence-electron chi connectivity index (χ0n) is 10.6. The normalized spacial score (nSPS) is 10.6. The molecule has 5 heteroatoms. The number of aliphatic carboxylic acids is 1. The molecule has 0 aliphatic rings. The molecule has 0 fully saturated rings. The van der Waals surface area contributed by atoms with Crippen LogP contribution < -0.4 is 0 Å². The fourth-order valence-electron chi connectivity index (χ4n) is 1.84. The number of carbonyl (C=O) groups is 2. The Hall–Kier alpha value is -2.30. The lowest BCUT2D eigenvalue weighted by atomic mass is 10.2. The van der Waals surface area contributed by atoms with Crippen LogP contribution in [0.15, 0.2) is 34.7 Å². The quantitative estimate of drug-likeness (QED) is 0.897. The Bertz CT molecular complexity index is 569. The highest BCUT2D eigenvalue weighted by molar-refractivity contribution is 5.95. The van der Waals surface area contributed by atoms with Gasteiger partial charge in [0.25, 0.3) is 5.91 Å². The van der Waals surface area contributed by atoms with E-state index >= 15 is 0 Å². The number of hydrogen-bond acceptors (Lipinski definition) is 3. The lowest BCUT2D eigenvalue weighted by Crippen LogP contribution is -2.27. The first-order chi connectivity index (χ1) is 9.08. The summed E-state index contributed by atoms with van der Waals surface area (Å²) in [6.45, 7) is 0.391. The van der Waals surface area contributed by atoms with Crippen molar-refractivity contribution in [1.82, 2.24) is 4.90 Å². The second kappa shape index (κ2) is 5.56. The highest BCUT2D eigenvalue weighted by Crippen LogP contribution is 2.19. The SMILES string of the molecule is CN(CCCC(=O)O)C(=O)c1cc2ccccc2o1. The molecule has 0 unspecified atom stereocenters. The summed E-state index contributed by atoms with van der Waals surface area (Å²) in [4.78, 5) is 24.0. The number of carboxylic acid groups (broad SMARTS) is 1. The Morgan fingerprint density at radius 2 is 2.05 bits per heavy atom. The highest BCUT2D eigenvalue weighted by atomic mass is 16.4. The van der Waals surface area contributed by atoms with E-state index in [0.717, 1.165) is 5.39 Å². The molecule has 19 heavy (non-hydrogen) atoms. The predicted molar refractivity (Wildman–Crippen MR) is 70.0 cm³/mol. The molecule has 0 aliphatic carbocycles. The smallest absolute Gasteiger partial charge is 0.303 e. The third kappa shape index (κ3) is 3.13. The van der Waals surface area contributed by atoms with Crippen LogP contribution >= 0.6 is 0 Å². The minimum atomic E-state index is -0.857. The second-order valence-electron chi connectivity index (χ2n) is 4.37. The molecular formula is C14H15NO4. The number of carbonyl (C=O) groups excluding carboxylic acids is 1. The lowest BCUT2D eigenvalue weighted by Gasteiger charge is -2.14. The molecular weight excluding hydrogens is 246 g/mol. The van der Waals surface area contributed by atoms with Crippen molar-refractivity contribution in [3.05, 3.63) is 36.1 Å². The fourth-order valence-corrected chi connectivity index (χ4v) is 1.84. The van der Waals surface area contributed by atoms with Crippen molar-refractivity contribution in [2.45, 2.75) is 12.8 Å². The van der Waals surface area contributed by atoms with Crippen LogP contribution in [0.3, 0.4) is 0 Å². The Labute approximate surface area is 110 Å². The van der Waals surface area contributed by atoms with E-state index in [2.05, 4.69) is 0 Å². The molecule has 0 bridgehead atoms. The van der Waals surface area contributed by atoms with Gasteiger partial charge in [-0.3, -0.25) is 9.59 Å². The van der Waals surface area contributed by atoms with Crippen molar-refractivity contribution in [3.8, 4) is 0 Å². The largest absolute Gasteiger partial charge is 0.481 e. The Balaban J connectivity index is 2.04. The van der Waals surface area contributed by atoms with Crippen molar-refractivity contribution >= 4 is 22.8 Å². The van der Waals surface area contributed by atoms with E-state index in [-0.39, 0.29) is 18.1 Å². The van der Waals surface area contributed by atoms with Gasteiger partial charge in [0, 0.05) is 25.4 Å². The van der Waals surface area contributed by atoms with Crippen LogP contribution in [-0.4, -0.2) is 35.5 Å². The van der Waals surface area contributed by atoms with E-state index in [1.54, 1.807) is 19.2 Å². The maximum atomic E-state index is 12.1. The molecule has 100 valence electrons. The molecule has 0 radical (unpaired) electrons. The molecule has 0 saturated heterocycles. The first-order valence-electron chi connectivity index (χ1n) is 6.04. The highest BCUT2D eigenvalue weighted by Gasteiger charge is 2.16. The summed E-state index contributed by atoms with van der Waals surface area (Å²) in [6, 6.07) is 9.10. The minimum Gasteiger partial charge on any atom is -0.481 e. The molecule has 2 aromatic rings. The van der Waals surface area contributed by atoms with Gasteiger partial charge in [0.1, 0.15) is 5.58 Å². The molecule has 5 nitrogen and oxygen atoms in total. The van der Waals surface area contributed by atoms with Gasteiger partial charge in [0.05, 0.1) is 0 Å². The van der Waals surface area contributed by atoms with Gasteiger partial charge in [-0.2, -0.15) is 0 Å². The van der Waals surface area contributed by atoms with Gasteiger partial charge < -0.3 is 14.4 Å². The Kier molecular flexibility index (Phi) is 3.85. The summed E-state index contributed by atoms with van der Waals surface area (Å²) >= 11 is 0. The lowest BCUT2D eigenvalue weighted by molar-refractivity contribution is -0.137. The zero-order valence-corrected chi connectivity index (χ0v) is 10.6. The minimum absolute atomic E-state index is 0.0533. The first-order valence-corrected chi connectivity index (χ1v) is 6.04. The number of carboxylic acids is 1. The van der Waals surface area contributed by atoms with Gasteiger partial charge in [-0.25, -0.2) is 0 Å². The van der Waals surface area contributed by atoms with E-state index < -0.39 is 5.97 Å². The topological polar surface area (TPSA) is 70.8 Å². The van der Waals surface area contributed by atoms with Crippen molar-refractivity contribution in [3.63, 3.8) is 0 Å². The zero-order chi connectivity index (χ0) is 13.8. The summed E-state index contributed by atoms with van der Waals surface area (Å²) in [5.74, 6) is -0.815. The summed E-state index contributed by atoms with van der Waals surface area (Å²) in [6.07, 6.45) is 0.482. The average Bonchev–Trinajstić information content (AvgIpc) is 2.80. The number of hydrogen-bond donors (Lipinski definition) is 1. The standard InChI is InChI=1S/C14H15NO4/c1-15(8-4-7-13(16)17)14(18)12-9-10-5-2-3-6-11(10)19-12/h2-3,5-6,9H,4,7-8H2,1H3,(H,16,17). The second-order valence-corrected chi connectivity index (χ2v) is 4.37. The van der Waals surface area contributed by atoms with Crippen molar-refractivity contribution < 1.29 is 19.1 Å². The summed E-state index contributed by atoms with van der Waals surface area (Å²) < 4.78 is 5.47. The Morgan fingerprint density at radius 3 is 2.74 bits per heavy atom. The molecule has 1 N–H and O–H groups in total. The van der Waals surface area contributed by atoms with E-state index in [4.69, 9.17) is 9.52 Å². The van der Waals surface area contributed by atoms with Crippen LogP contribution in [0.4, 0.5) is 0 Å². The van der Waals surface area contributed by atoms with Gasteiger partial charge in [-0.1, -0.05) is 18.2 Å². The van der Waals surface area contributed by atoms with Gasteiger partial charge in [0.15, 0.2) is 5.76 Å². The molecule has 2 rings (SSSR count). The summed E-state index contributed by atoms with van der Waals surface area (Å²) in [5.41, 5.74) is 0.671. The molecule has 0 saturated carbocycles. The van der Waals surface area contributed by atoms with E-state index in [9.17, 15) is 9.59 Å². The summed E-state index contributed by atoms with van der Waals surface area (Å²) in [5, 5.41) is 9.43. The molecule has 0 aliphatic heterocycles. The van der Waals surface area contributed by atoms with E-state index in [1.165, 1.54) is 4.90 Å². The van der Waals surface area contributed by atoms with Crippen LogP contribution in [0.2, 0.25) is 0 Å². The third-order valence-electron chi connectivity index (χ3n) is 2.87. The first kappa shape index (κ1) is 13.1. The number of benzene rings is 1. The third-order valence-corrected chi connectivity index (χ3v) is 2.87. The molecule has 0 atom stereocenters. The van der Waals surface area contributed by atoms with Crippen LogP contribution in [0.5, 0.6) is 0 Å². The fraction of sp³-hybridized carbons (Fsp3) is 0.286. The van der Waals surface area contributed by atoms with Crippen molar-refractivity contribution in [1.29, 1.82) is 0 Å². The number of furan rings is 1. The molecule has 0 spiro atoms. The number of fused-ring (bicyclic) bond motifs is 1. The number of amides is 1. The number of para-hydroxylation sites is 1. The van der Waals surface area contributed by atoms with Crippen molar-refractivity contribution in [2.24, 2.45) is 0 Å². The van der Waals surface area contributed by atoms with Crippen LogP contribution in [0, 0.1) is 0 Å². The maximum absolute atomic E-state index is 12.1. The summed E-state index contributed by atoms with van der Waals surface area (Å²) in [7, 11) is 1.64. The average molecular weight is 261 g/mol. The number of rotatable bonds is 5. The van der Waals surface area contributed by atoms with Crippen molar-refractivity contribution in [2.75, 3.05) is 13.6 Å². The Morgan fingerprint density at radius 1 is 1.32 bits per heavy atom. The maximum Gasteiger partial charge on any atom is 0.303 e. The molecule has 1 heterocycles. The van der Waals surface area contributed by atoms with Crippen LogP contribution in [-0.2, 0) is 4.79 Å². The van der Waals surface area contributed by atoms with Gasteiger partial charge >= 0.3 is 5.97 Å². The van der Waals surface area contributed by atoms with Crippen LogP contribution in [0.1, 0.15) is 23.4 Å². The van der Waals surface area contributed by atoms with E-state index in [0.29, 0.717) is 18.5 Å². The van der Waals surface area contributed by atoms with Gasteiger partial charge in [-0.15, -0.1) is 0 Å². The molecule has 1 aromatic carbocycles. The predicted octanol–water partition coefficient (Wildman–Crippen LogP) is 2.37. The van der Waals surface area contributed by atoms with Gasteiger partial charge in [0.2, 0.25) is 0 Å². The van der Waals surface area contributed by atoms with Gasteiger partial charge in [-0.05, 0) is 18.6 Å². The van der Waals surface area contributed by atoms with E-state index in [1.807, 2.05) is 18.2 Å². The molecule has 1 amide bonds. The number of nitrogens with zero attached hydrogens (tertiary/aromatic N) is 1. The molecule has 1 aromatic heterocycles. The monoisotopic (exact) mass is 261 g/mol. The van der Waals surface area contributed by atoms with Crippen LogP contribution in [0.25, 0.3) is 11.0 Å².